The second-order valence-corrected chi connectivity index (χ2v) is 6.29. The number of aryl methyl sites for hydroxylation is 1. The molecule has 1 heterocycles. The average Bonchev–Trinajstić information content (AvgIpc) is 2.84. The molecule has 2 rings (SSSR count). The van der Waals surface area contributed by atoms with Crippen molar-refractivity contribution >= 4 is 38.9 Å². The van der Waals surface area contributed by atoms with Crippen molar-refractivity contribution in [3.05, 3.63) is 50.1 Å². The van der Waals surface area contributed by atoms with Gasteiger partial charge in [-0.05, 0) is 65.0 Å². The molecule has 0 bridgehead atoms. The molecule has 0 saturated heterocycles. The third-order valence-electron chi connectivity index (χ3n) is 2.96. The third-order valence-corrected chi connectivity index (χ3v) is 4.88. The van der Waals surface area contributed by atoms with Crippen molar-refractivity contribution in [2.45, 2.75) is 20.4 Å². The van der Waals surface area contributed by atoms with E-state index in [4.69, 9.17) is 0 Å². The molecule has 1 aromatic carbocycles. The number of halogens is 1. The van der Waals surface area contributed by atoms with E-state index in [1.807, 2.05) is 36.6 Å². The summed E-state index contributed by atoms with van der Waals surface area (Å²) in [5.74, 6) is -0.0450. The van der Waals surface area contributed by atoms with Crippen LogP contribution in [0, 0.1) is 6.92 Å². The number of hydrogen-bond donors (Lipinski definition) is 2. The Bertz CT molecular complexity index is 610. The summed E-state index contributed by atoms with van der Waals surface area (Å²) in [5.41, 5.74) is 2.85. The molecule has 0 atom stereocenters. The van der Waals surface area contributed by atoms with Gasteiger partial charge >= 0.3 is 0 Å². The summed E-state index contributed by atoms with van der Waals surface area (Å²) in [5, 5.41) is 8.21. The SMILES string of the molecule is CCNc1ccc(C(=O)NCc2sccc2Br)cc1C. The fourth-order valence-corrected chi connectivity index (χ4v) is 3.34. The van der Waals surface area contributed by atoms with Gasteiger partial charge in [-0.2, -0.15) is 0 Å². The van der Waals surface area contributed by atoms with E-state index in [2.05, 4.69) is 33.5 Å². The normalized spacial score (nSPS) is 10.3. The topological polar surface area (TPSA) is 41.1 Å². The number of carbonyl (C=O) groups is 1. The Morgan fingerprint density at radius 2 is 2.15 bits per heavy atom. The van der Waals surface area contributed by atoms with Crippen molar-refractivity contribution in [1.29, 1.82) is 0 Å². The zero-order valence-corrected chi connectivity index (χ0v) is 13.9. The zero-order valence-electron chi connectivity index (χ0n) is 11.5. The molecule has 0 saturated carbocycles. The Kier molecular flexibility index (Phi) is 5.20. The van der Waals surface area contributed by atoms with E-state index in [-0.39, 0.29) is 5.91 Å². The van der Waals surface area contributed by atoms with Crippen LogP contribution in [0.25, 0.3) is 0 Å². The molecule has 0 fully saturated rings. The smallest absolute Gasteiger partial charge is 0.251 e. The molecule has 0 unspecified atom stereocenters. The fourth-order valence-electron chi connectivity index (χ4n) is 1.91. The van der Waals surface area contributed by atoms with Crippen LogP contribution < -0.4 is 10.6 Å². The van der Waals surface area contributed by atoms with Gasteiger partial charge in [0, 0.05) is 27.1 Å². The van der Waals surface area contributed by atoms with E-state index in [0.717, 1.165) is 27.1 Å². The first-order chi connectivity index (χ1) is 9.61. The minimum absolute atomic E-state index is 0.0450. The molecule has 2 aromatic rings. The highest BCUT2D eigenvalue weighted by molar-refractivity contribution is 9.10. The largest absolute Gasteiger partial charge is 0.385 e. The Morgan fingerprint density at radius 1 is 1.35 bits per heavy atom. The number of amides is 1. The number of benzene rings is 1. The lowest BCUT2D eigenvalue weighted by molar-refractivity contribution is 0.0951. The van der Waals surface area contributed by atoms with Gasteiger partial charge in [-0.1, -0.05) is 0 Å². The fraction of sp³-hybridized carbons (Fsp3) is 0.267. The van der Waals surface area contributed by atoms with Crippen molar-refractivity contribution in [2.24, 2.45) is 0 Å². The molecule has 1 amide bonds. The first kappa shape index (κ1) is 15.1. The standard InChI is InChI=1S/C15H17BrN2OS/c1-3-17-13-5-4-11(8-10(13)2)15(19)18-9-14-12(16)6-7-20-14/h4-8,17H,3,9H2,1-2H3,(H,18,19). The Labute approximate surface area is 131 Å². The minimum Gasteiger partial charge on any atom is -0.385 e. The van der Waals surface area contributed by atoms with Gasteiger partial charge in [0.15, 0.2) is 0 Å². The van der Waals surface area contributed by atoms with Crippen LogP contribution in [0.15, 0.2) is 34.1 Å². The lowest BCUT2D eigenvalue weighted by Crippen LogP contribution is -2.22. The van der Waals surface area contributed by atoms with Crippen LogP contribution in [0.1, 0.15) is 27.7 Å². The molecular formula is C15H17BrN2OS. The van der Waals surface area contributed by atoms with Crippen molar-refractivity contribution < 1.29 is 4.79 Å². The minimum atomic E-state index is -0.0450. The van der Waals surface area contributed by atoms with Crippen LogP contribution in [-0.4, -0.2) is 12.5 Å². The molecular weight excluding hydrogens is 336 g/mol. The summed E-state index contributed by atoms with van der Waals surface area (Å²) in [6.07, 6.45) is 0. The highest BCUT2D eigenvalue weighted by atomic mass is 79.9. The van der Waals surface area contributed by atoms with Crippen LogP contribution in [0.5, 0.6) is 0 Å². The molecule has 2 N–H and O–H groups in total. The summed E-state index contributed by atoms with van der Waals surface area (Å²) in [4.78, 5) is 13.3. The van der Waals surface area contributed by atoms with Crippen LogP contribution in [0.3, 0.4) is 0 Å². The molecule has 20 heavy (non-hydrogen) atoms. The van der Waals surface area contributed by atoms with E-state index in [9.17, 15) is 4.79 Å². The van der Waals surface area contributed by atoms with Crippen LogP contribution >= 0.6 is 27.3 Å². The summed E-state index contributed by atoms with van der Waals surface area (Å²) in [7, 11) is 0. The first-order valence-corrected chi connectivity index (χ1v) is 8.13. The van der Waals surface area contributed by atoms with E-state index < -0.39 is 0 Å². The average molecular weight is 353 g/mol. The van der Waals surface area contributed by atoms with E-state index in [0.29, 0.717) is 12.1 Å². The van der Waals surface area contributed by atoms with Gasteiger partial charge in [-0.25, -0.2) is 0 Å². The molecule has 106 valence electrons. The van der Waals surface area contributed by atoms with Crippen LogP contribution in [-0.2, 0) is 6.54 Å². The number of hydrogen-bond acceptors (Lipinski definition) is 3. The molecule has 5 heteroatoms. The van der Waals surface area contributed by atoms with E-state index in [1.165, 1.54) is 0 Å². The zero-order chi connectivity index (χ0) is 14.5. The Morgan fingerprint density at radius 3 is 2.75 bits per heavy atom. The predicted octanol–water partition coefficient (Wildman–Crippen LogP) is 4.18. The summed E-state index contributed by atoms with van der Waals surface area (Å²) in [6.45, 7) is 5.48. The Hall–Kier alpha value is -1.33. The van der Waals surface area contributed by atoms with Gasteiger partial charge < -0.3 is 10.6 Å². The molecule has 3 nitrogen and oxygen atoms in total. The van der Waals surface area contributed by atoms with Gasteiger partial charge in [0.25, 0.3) is 5.91 Å². The lowest BCUT2D eigenvalue weighted by atomic mass is 10.1. The van der Waals surface area contributed by atoms with E-state index >= 15 is 0 Å². The molecule has 0 radical (unpaired) electrons. The highest BCUT2D eigenvalue weighted by Gasteiger charge is 2.09. The second kappa shape index (κ2) is 6.90. The van der Waals surface area contributed by atoms with Crippen molar-refractivity contribution in [3.8, 4) is 0 Å². The first-order valence-electron chi connectivity index (χ1n) is 6.46. The maximum atomic E-state index is 12.1. The van der Waals surface area contributed by atoms with Gasteiger partial charge in [0.2, 0.25) is 0 Å². The molecule has 0 spiro atoms. The summed E-state index contributed by atoms with van der Waals surface area (Å²) in [6, 6.07) is 7.71. The number of thiophene rings is 1. The Balaban J connectivity index is 2.02. The molecule has 0 aliphatic rings. The second-order valence-electron chi connectivity index (χ2n) is 4.43. The third kappa shape index (κ3) is 3.61. The van der Waals surface area contributed by atoms with Crippen LogP contribution in [0.4, 0.5) is 5.69 Å². The summed E-state index contributed by atoms with van der Waals surface area (Å²) < 4.78 is 1.04. The van der Waals surface area contributed by atoms with Crippen LogP contribution in [0.2, 0.25) is 0 Å². The van der Waals surface area contributed by atoms with E-state index in [1.54, 1.807) is 11.3 Å². The maximum Gasteiger partial charge on any atom is 0.251 e. The van der Waals surface area contributed by atoms with Gasteiger partial charge in [-0.15, -0.1) is 11.3 Å². The van der Waals surface area contributed by atoms with Gasteiger partial charge in [0.1, 0.15) is 0 Å². The van der Waals surface area contributed by atoms with Crippen molar-refractivity contribution in [2.75, 3.05) is 11.9 Å². The number of rotatable bonds is 5. The van der Waals surface area contributed by atoms with Crippen molar-refractivity contribution in [1.82, 2.24) is 5.32 Å². The van der Waals surface area contributed by atoms with Gasteiger partial charge in [0.05, 0.1) is 6.54 Å². The molecule has 0 aliphatic carbocycles. The summed E-state index contributed by atoms with van der Waals surface area (Å²) >= 11 is 5.09. The number of anilines is 1. The number of nitrogens with one attached hydrogen (secondary N) is 2. The molecule has 0 aliphatic heterocycles. The lowest BCUT2D eigenvalue weighted by Gasteiger charge is -2.10. The maximum absolute atomic E-state index is 12.1. The van der Waals surface area contributed by atoms with Gasteiger partial charge in [-0.3, -0.25) is 4.79 Å². The monoisotopic (exact) mass is 352 g/mol. The molecule has 1 aromatic heterocycles. The quantitative estimate of drug-likeness (QED) is 0.847. The number of carbonyl (C=O) groups excluding carboxylic acids is 1. The highest BCUT2D eigenvalue weighted by Crippen LogP contribution is 2.22. The van der Waals surface area contributed by atoms with Crippen molar-refractivity contribution in [3.63, 3.8) is 0 Å². The predicted molar refractivity (Wildman–Crippen MR) is 88.5 cm³/mol.